The fourth-order valence-corrected chi connectivity index (χ4v) is 3.15. The second kappa shape index (κ2) is 6.02. The summed E-state index contributed by atoms with van der Waals surface area (Å²) in [4.78, 5) is 10.1. The standard InChI is InChI=1S/C12H16N2O2S/c15-14(16)11-5-3-10(4-6-11)8-13-9-12-2-1-7-17-12/h3-6,12-13H,1-2,7-9H2. The molecule has 1 aliphatic rings. The molecule has 1 fully saturated rings. The van der Waals surface area contributed by atoms with Gasteiger partial charge in [0.1, 0.15) is 0 Å². The van der Waals surface area contributed by atoms with Crippen LogP contribution in [0, 0.1) is 10.1 Å². The molecule has 5 heteroatoms. The molecule has 1 atom stereocenters. The van der Waals surface area contributed by atoms with Crippen LogP contribution >= 0.6 is 11.8 Å². The van der Waals surface area contributed by atoms with E-state index in [0.717, 1.165) is 23.9 Å². The van der Waals surface area contributed by atoms with E-state index in [0.29, 0.717) is 0 Å². The lowest BCUT2D eigenvalue weighted by Gasteiger charge is -2.09. The Hall–Kier alpha value is -1.07. The van der Waals surface area contributed by atoms with Crippen LogP contribution in [0.15, 0.2) is 24.3 Å². The van der Waals surface area contributed by atoms with Crippen LogP contribution in [0.4, 0.5) is 5.69 Å². The highest BCUT2D eigenvalue weighted by Gasteiger charge is 2.14. The van der Waals surface area contributed by atoms with Crippen LogP contribution in [0.3, 0.4) is 0 Å². The highest BCUT2D eigenvalue weighted by Crippen LogP contribution is 2.25. The molecule has 0 spiro atoms. The number of hydrogen-bond acceptors (Lipinski definition) is 4. The Morgan fingerprint density at radius 1 is 1.41 bits per heavy atom. The van der Waals surface area contributed by atoms with Crippen molar-refractivity contribution in [1.29, 1.82) is 0 Å². The van der Waals surface area contributed by atoms with Crippen LogP contribution in [0.2, 0.25) is 0 Å². The zero-order valence-electron chi connectivity index (χ0n) is 9.59. The largest absolute Gasteiger partial charge is 0.312 e. The van der Waals surface area contributed by atoms with E-state index in [1.807, 2.05) is 23.9 Å². The van der Waals surface area contributed by atoms with Crippen molar-refractivity contribution < 1.29 is 4.92 Å². The summed E-state index contributed by atoms with van der Waals surface area (Å²) in [5.41, 5.74) is 1.25. The minimum absolute atomic E-state index is 0.153. The molecule has 1 aliphatic heterocycles. The number of benzene rings is 1. The van der Waals surface area contributed by atoms with Crippen molar-refractivity contribution in [2.45, 2.75) is 24.6 Å². The molecule has 92 valence electrons. The van der Waals surface area contributed by atoms with Crippen molar-refractivity contribution in [3.63, 3.8) is 0 Å². The minimum Gasteiger partial charge on any atom is -0.312 e. The molecule has 0 radical (unpaired) electrons. The summed E-state index contributed by atoms with van der Waals surface area (Å²) in [5.74, 6) is 1.28. The first kappa shape index (κ1) is 12.4. The van der Waals surface area contributed by atoms with Gasteiger partial charge in [-0.1, -0.05) is 12.1 Å². The summed E-state index contributed by atoms with van der Waals surface area (Å²) in [6, 6.07) is 6.74. The first-order valence-corrected chi connectivity index (χ1v) is 6.86. The second-order valence-electron chi connectivity index (χ2n) is 4.19. The SMILES string of the molecule is O=[N+]([O-])c1ccc(CNCC2CCCS2)cc1. The van der Waals surface area contributed by atoms with Crippen molar-refractivity contribution in [3.8, 4) is 0 Å². The van der Waals surface area contributed by atoms with Gasteiger partial charge in [0.25, 0.3) is 5.69 Å². The second-order valence-corrected chi connectivity index (χ2v) is 5.60. The Balaban J connectivity index is 1.76. The molecule has 17 heavy (non-hydrogen) atoms. The number of nitrogens with one attached hydrogen (secondary N) is 1. The summed E-state index contributed by atoms with van der Waals surface area (Å²) in [6.07, 6.45) is 2.63. The highest BCUT2D eigenvalue weighted by atomic mass is 32.2. The number of nitro groups is 1. The summed E-state index contributed by atoms with van der Waals surface area (Å²) in [7, 11) is 0. The van der Waals surface area contributed by atoms with Crippen molar-refractivity contribution in [2.24, 2.45) is 0 Å². The predicted octanol–water partition coefficient (Wildman–Crippen LogP) is 2.58. The molecule has 1 saturated heterocycles. The van der Waals surface area contributed by atoms with Gasteiger partial charge in [0, 0.05) is 30.5 Å². The van der Waals surface area contributed by atoms with E-state index in [4.69, 9.17) is 0 Å². The summed E-state index contributed by atoms with van der Waals surface area (Å²) >= 11 is 2.03. The van der Waals surface area contributed by atoms with Gasteiger partial charge in [0.05, 0.1) is 4.92 Å². The lowest BCUT2D eigenvalue weighted by Crippen LogP contribution is -2.22. The molecular formula is C12H16N2O2S. The van der Waals surface area contributed by atoms with E-state index in [2.05, 4.69) is 5.32 Å². The number of nitro benzene ring substituents is 1. The van der Waals surface area contributed by atoms with E-state index in [1.165, 1.54) is 18.6 Å². The smallest absolute Gasteiger partial charge is 0.269 e. The minimum atomic E-state index is -0.369. The van der Waals surface area contributed by atoms with Gasteiger partial charge in [-0.2, -0.15) is 11.8 Å². The van der Waals surface area contributed by atoms with Crippen molar-refractivity contribution in [1.82, 2.24) is 5.32 Å². The fourth-order valence-electron chi connectivity index (χ4n) is 1.92. The van der Waals surface area contributed by atoms with Gasteiger partial charge >= 0.3 is 0 Å². The summed E-state index contributed by atoms with van der Waals surface area (Å²) in [6.45, 7) is 1.82. The third kappa shape index (κ3) is 3.71. The predicted molar refractivity (Wildman–Crippen MR) is 70.3 cm³/mol. The zero-order valence-corrected chi connectivity index (χ0v) is 10.4. The van der Waals surface area contributed by atoms with Gasteiger partial charge in [-0.3, -0.25) is 10.1 Å². The third-order valence-corrected chi connectivity index (χ3v) is 4.27. The van der Waals surface area contributed by atoms with Crippen molar-refractivity contribution in [3.05, 3.63) is 39.9 Å². The quantitative estimate of drug-likeness (QED) is 0.646. The molecule has 0 aromatic heterocycles. The van der Waals surface area contributed by atoms with E-state index in [1.54, 1.807) is 12.1 Å². The Morgan fingerprint density at radius 2 is 2.18 bits per heavy atom. The van der Waals surface area contributed by atoms with Gasteiger partial charge in [0.2, 0.25) is 0 Å². The van der Waals surface area contributed by atoms with Crippen LogP contribution in [0.5, 0.6) is 0 Å². The van der Waals surface area contributed by atoms with E-state index in [9.17, 15) is 10.1 Å². The molecular weight excluding hydrogens is 236 g/mol. The average Bonchev–Trinajstić information content (AvgIpc) is 2.83. The lowest BCUT2D eigenvalue weighted by molar-refractivity contribution is -0.384. The number of thioether (sulfide) groups is 1. The fraction of sp³-hybridized carbons (Fsp3) is 0.500. The van der Waals surface area contributed by atoms with Gasteiger partial charge in [-0.15, -0.1) is 0 Å². The van der Waals surface area contributed by atoms with E-state index >= 15 is 0 Å². The third-order valence-electron chi connectivity index (χ3n) is 2.87. The average molecular weight is 252 g/mol. The van der Waals surface area contributed by atoms with Gasteiger partial charge in [0.15, 0.2) is 0 Å². The Kier molecular flexibility index (Phi) is 4.39. The normalized spacial score (nSPS) is 19.4. The highest BCUT2D eigenvalue weighted by molar-refractivity contribution is 8.00. The van der Waals surface area contributed by atoms with Crippen LogP contribution in [-0.2, 0) is 6.54 Å². The van der Waals surface area contributed by atoms with Crippen LogP contribution in [-0.4, -0.2) is 22.5 Å². The molecule has 0 saturated carbocycles. The van der Waals surface area contributed by atoms with E-state index < -0.39 is 0 Å². The van der Waals surface area contributed by atoms with Gasteiger partial charge in [-0.25, -0.2) is 0 Å². The molecule has 1 N–H and O–H groups in total. The van der Waals surface area contributed by atoms with E-state index in [-0.39, 0.29) is 10.6 Å². The molecule has 1 aromatic carbocycles. The number of nitrogens with zero attached hydrogens (tertiary/aromatic N) is 1. The molecule has 0 bridgehead atoms. The van der Waals surface area contributed by atoms with Crippen LogP contribution in [0.1, 0.15) is 18.4 Å². The first-order valence-electron chi connectivity index (χ1n) is 5.81. The van der Waals surface area contributed by atoms with Crippen molar-refractivity contribution in [2.75, 3.05) is 12.3 Å². The molecule has 1 aromatic rings. The van der Waals surface area contributed by atoms with Gasteiger partial charge in [-0.05, 0) is 24.2 Å². The molecule has 2 rings (SSSR count). The zero-order chi connectivity index (χ0) is 12.1. The van der Waals surface area contributed by atoms with Gasteiger partial charge < -0.3 is 5.32 Å². The van der Waals surface area contributed by atoms with Crippen LogP contribution in [0.25, 0.3) is 0 Å². The number of non-ortho nitro benzene ring substituents is 1. The molecule has 4 nitrogen and oxygen atoms in total. The first-order chi connectivity index (χ1) is 8.25. The molecule has 0 amide bonds. The number of rotatable bonds is 5. The Morgan fingerprint density at radius 3 is 2.76 bits per heavy atom. The maximum absolute atomic E-state index is 10.5. The Labute approximate surface area is 105 Å². The topological polar surface area (TPSA) is 55.2 Å². The molecule has 0 aliphatic carbocycles. The molecule has 1 unspecified atom stereocenters. The number of hydrogen-bond donors (Lipinski definition) is 1. The summed E-state index contributed by atoms with van der Waals surface area (Å²) in [5, 5.41) is 14.6. The maximum Gasteiger partial charge on any atom is 0.269 e. The van der Waals surface area contributed by atoms with Crippen LogP contribution < -0.4 is 5.32 Å². The molecule has 1 heterocycles. The summed E-state index contributed by atoms with van der Waals surface area (Å²) < 4.78 is 0. The Bertz CT molecular complexity index is 375. The lowest BCUT2D eigenvalue weighted by atomic mass is 10.2. The van der Waals surface area contributed by atoms with Crippen molar-refractivity contribution >= 4 is 17.4 Å². The maximum atomic E-state index is 10.5. The monoisotopic (exact) mass is 252 g/mol.